The predicted molar refractivity (Wildman–Crippen MR) is 81.2 cm³/mol. The molecule has 1 fully saturated rings. The van der Waals surface area contributed by atoms with E-state index in [1.54, 1.807) is 27.9 Å². The third-order valence-corrected chi connectivity index (χ3v) is 4.55. The Balaban J connectivity index is 1.57. The van der Waals surface area contributed by atoms with Crippen molar-refractivity contribution in [2.24, 2.45) is 0 Å². The van der Waals surface area contributed by atoms with E-state index in [0.717, 1.165) is 5.69 Å². The maximum atomic E-state index is 12.8. The monoisotopic (exact) mass is 350 g/mol. The van der Waals surface area contributed by atoms with Gasteiger partial charge in [0.2, 0.25) is 0 Å². The SMILES string of the molecule is O=C(c1ccccc1OC(F)F)N1CC[C@H]2OCc3cnnn3[C@H]2C1. The van der Waals surface area contributed by atoms with Crippen molar-refractivity contribution in [3.63, 3.8) is 0 Å². The second kappa shape index (κ2) is 6.40. The summed E-state index contributed by atoms with van der Waals surface area (Å²) < 4.78 is 37.2. The minimum Gasteiger partial charge on any atom is -0.434 e. The minimum atomic E-state index is -2.98. The van der Waals surface area contributed by atoms with Gasteiger partial charge in [0, 0.05) is 13.1 Å². The molecule has 132 valence electrons. The lowest BCUT2D eigenvalue weighted by Gasteiger charge is -2.41. The van der Waals surface area contributed by atoms with Gasteiger partial charge in [0.1, 0.15) is 5.75 Å². The molecular formula is C16H16F2N4O3. The number of hydrogen-bond acceptors (Lipinski definition) is 5. The van der Waals surface area contributed by atoms with Crippen LogP contribution in [-0.4, -0.2) is 51.6 Å². The molecule has 25 heavy (non-hydrogen) atoms. The summed E-state index contributed by atoms with van der Waals surface area (Å²) in [4.78, 5) is 14.5. The number of likely N-dealkylation sites (tertiary alicyclic amines) is 1. The molecule has 0 radical (unpaired) electrons. The van der Waals surface area contributed by atoms with Crippen molar-refractivity contribution >= 4 is 5.91 Å². The molecule has 1 amide bonds. The number of amides is 1. The molecular weight excluding hydrogens is 334 g/mol. The number of fused-ring (bicyclic) bond motifs is 3. The molecule has 9 heteroatoms. The molecule has 0 saturated carbocycles. The van der Waals surface area contributed by atoms with E-state index in [-0.39, 0.29) is 29.4 Å². The highest BCUT2D eigenvalue weighted by molar-refractivity contribution is 5.97. The van der Waals surface area contributed by atoms with Crippen molar-refractivity contribution in [1.29, 1.82) is 0 Å². The van der Waals surface area contributed by atoms with Gasteiger partial charge in [0.25, 0.3) is 5.91 Å². The number of alkyl halides is 2. The summed E-state index contributed by atoms with van der Waals surface area (Å²) >= 11 is 0. The fraction of sp³-hybridized carbons (Fsp3) is 0.438. The first-order valence-electron chi connectivity index (χ1n) is 7.97. The van der Waals surface area contributed by atoms with Gasteiger partial charge in [0.15, 0.2) is 0 Å². The number of rotatable bonds is 3. The van der Waals surface area contributed by atoms with Crippen LogP contribution >= 0.6 is 0 Å². The maximum Gasteiger partial charge on any atom is 0.387 e. The molecule has 2 aliphatic rings. The molecule has 3 heterocycles. The summed E-state index contributed by atoms with van der Waals surface area (Å²) in [5, 5.41) is 7.99. The molecule has 2 aromatic rings. The van der Waals surface area contributed by atoms with Crippen LogP contribution in [0.15, 0.2) is 30.5 Å². The first-order valence-corrected chi connectivity index (χ1v) is 7.97. The quantitative estimate of drug-likeness (QED) is 0.845. The Morgan fingerprint density at radius 1 is 1.36 bits per heavy atom. The third-order valence-electron chi connectivity index (χ3n) is 4.55. The molecule has 7 nitrogen and oxygen atoms in total. The van der Waals surface area contributed by atoms with Crippen LogP contribution in [0.25, 0.3) is 0 Å². The molecule has 2 aliphatic heterocycles. The first kappa shape index (κ1) is 15.9. The van der Waals surface area contributed by atoms with E-state index in [1.165, 1.54) is 12.1 Å². The molecule has 4 rings (SSSR count). The van der Waals surface area contributed by atoms with Crippen molar-refractivity contribution in [1.82, 2.24) is 19.9 Å². The van der Waals surface area contributed by atoms with Crippen molar-refractivity contribution in [2.75, 3.05) is 13.1 Å². The largest absolute Gasteiger partial charge is 0.434 e. The lowest BCUT2D eigenvalue weighted by Crippen LogP contribution is -2.50. The summed E-state index contributed by atoms with van der Waals surface area (Å²) in [6.07, 6.45) is 2.25. The zero-order valence-corrected chi connectivity index (χ0v) is 13.2. The number of nitrogens with zero attached hydrogens (tertiary/aromatic N) is 4. The van der Waals surface area contributed by atoms with Gasteiger partial charge in [-0.25, -0.2) is 4.68 Å². The van der Waals surface area contributed by atoms with E-state index in [4.69, 9.17) is 4.74 Å². The predicted octanol–water partition coefficient (Wildman–Crippen LogP) is 1.87. The van der Waals surface area contributed by atoms with E-state index in [0.29, 0.717) is 26.1 Å². The molecule has 0 spiro atoms. The highest BCUT2D eigenvalue weighted by Crippen LogP contribution is 2.31. The Kier molecular flexibility index (Phi) is 4.08. The van der Waals surface area contributed by atoms with Crippen LogP contribution in [0.2, 0.25) is 0 Å². The second-order valence-electron chi connectivity index (χ2n) is 6.00. The number of aromatic nitrogens is 3. The van der Waals surface area contributed by atoms with Gasteiger partial charge in [-0.2, -0.15) is 8.78 Å². The number of piperidine rings is 1. The summed E-state index contributed by atoms with van der Waals surface area (Å²) in [6.45, 7) is -1.67. The Morgan fingerprint density at radius 3 is 3.04 bits per heavy atom. The summed E-state index contributed by atoms with van der Waals surface area (Å²) in [6, 6.07) is 5.90. The van der Waals surface area contributed by atoms with E-state index in [2.05, 4.69) is 15.0 Å². The molecule has 0 bridgehead atoms. The van der Waals surface area contributed by atoms with Gasteiger partial charge >= 0.3 is 6.61 Å². The van der Waals surface area contributed by atoms with Crippen molar-refractivity contribution in [2.45, 2.75) is 31.8 Å². The van der Waals surface area contributed by atoms with E-state index in [9.17, 15) is 13.6 Å². The van der Waals surface area contributed by atoms with Crippen LogP contribution in [-0.2, 0) is 11.3 Å². The van der Waals surface area contributed by atoms with E-state index in [1.807, 2.05) is 0 Å². The molecule has 0 N–H and O–H groups in total. The number of halogens is 2. The van der Waals surface area contributed by atoms with Crippen LogP contribution in [0.5, 0.6) is 5.75 Å². The smallest absolute Gasteiger partial charge is 0.387 e. The average molecular weight is 350 g/mol. The molecule has 1 aromatic carbocycles. The standard InChI is InChI=1S/C16H16F2N4O3/c17-16(18)25-13-4-2-1-3-11(13)15(23)21-6-5-14-12(8-21)22-10(9-24-14)7-19-20-22/h1-4,7,12,14,16H,5-6,8-9H2/t12-,14+/m0/s1. The zero-order valence-electron chi connectivity index (χ0n) is 13.2. The third kappa shape index (κ3) is 2.95. The fourth-order valence-corrected chi connectivity index (χ4v) is 3.38. The normalized spacial score (nSPS) is 22.4. The number of ether oxygens (including phenoxy) is 2. The molecule has 0 unspecified atom stereocenters. The van der Waals surface area contributed by atoms with Gasteiger partial charge < -0.3 is 14.4 Å². The number of carbonyl (C=O) groups is 1. The minimum absolute atomic E-state index is 0.0363. The van der Waals surface area contributed by atoms with Crippen molar-refractivity contribution in [3.8, 4) is 5.75 Å². The zero-order chi connectivity index (χ0) is 17.4. The number of benzene rings is 1. The fourth-order valence-electron chi connectivity index (χ4n) is 3.38. The summed E-state index contributed by atoms with van der Waals surface area (Å²) in [5.41, 5.74) is 0.980. The molecule has 1 aromatic heterocycles. The highest BCUT2D eigenvalue weighted by Gasteiger charge is 2.38. The first-order chi connectivity index (χ1) is 12.1. The molecule has 0 aliphatic carbocycles. The van der Waals surface area contributed by atoms with Crippen LogP contribution in [0.1, 0.15) is 28.5 Å². The van der Waals surface area contributed by atoms with Crippen LogP contribution in [0, 0.1) is 0 Å². The van der Waals surface area contributed by atoms with Gasteiger partial charge in [-0.05, 0) is 18.6 Å². The highest BCUT2D eigenvalue weighted by atomic mass is 19.3. The molecule has 2 atom stereocenters. The number of carbonyl (C=O) groups excluding carboxylic acids is 1. The average Bonchev–Trinajstić information content (AvgIpc) is 3.10. The topological polar surface area (TPSA) is 69.5 Å². The van der Waals surface area contributed by atoms with Gasteiger partial charge in [-0.3, -0.25) is 4.79 Å². The van der Waals surface area contributed by atoms with Crippen molar-refractivity contribution in [3.05, 3.63) is 41.7 Å². The van der Waals surface area contributed by atoms with Gasteiger partial charge in [0.05, 0.1) is 36.2 Å². The maximum absolute atomic E-state index is 12.8. The van der Waals surface area contributed by atoms with Gasteiger partial charge in [-0.1, -0.05) is 17.3 Å². The van der Waals surface area contributed by atoms with Crippen molar-refractivity contribution < 1.29 is 23.0 Å². The second-order valence-corrected chi connectivity index (χ2v) is 6.00. The summed E-state index contributed by atoms with van der Waals surface area (Å²) in [7, 11) is 0. The molecule has 1 saturated heterocycles. The summed E-state index contributed by atoms with van der Waals surface area (Å²) in [5.74, 6) is -0.465. The van der Waals surface area contributed by atoms with Gasteiger partial charge in [-0.15, -0.1) is 5.10 Å². The lowest BCUT2D eigenvalue weighted by atomic mass is 9.99. The number of para-hydroxylation sites is 1. The lowest BCUT2D eigenvalue weighted by molar-refractivity contribution is -0.0610. The Bertz CT molecular complexity index is 782. The van der Waals surface area contributed by atoms with Crippen LogP contribution in [0.4, 0.5) is 8.78 Å². The Hall–Kier alpha value is -2.55. The Labute approximate surface area is 142 Å². The van der Waals surface area contributed by atoms with Crippen LogP contribution in [0.3, 0.4) is 0 Å². The van der Waals surface area contributed by atoms with E-state index >= 15 is 0 Å². The Morgan fingerprint density at radius 2 is 2.20 bits per heavy atom. The van der Waals surface area contributed by atoms with Crippen LogP contribution < -0.4 is 4.74 Å². The number of hydrogen-bond donors (Lipinski definition) is 0. The van der Waals surface area contributed by atoms with E-state index < -0.39 is 6.61 Å².